The molecule has 3 heteroatoms. The number of hydrogen-bond donors (Lipinski definition) is 2. The van der Waals surface area contributed by atoms with Crippen molar-refractivity contribution >= 4 is 27.4 Å². The fourth-order valence-corrected chi connectivity index (χ4v) is 10.1. The molecule has 1 heterocycles. The lowest BCUT2D eigenvalue weighted by Gasteiger charge is -2.34. The van der Waals surface area contributed by atoms with E-state index in [0.717, 1.165) is 17.0 Å². The number of rotatable bonds is 4. The van der Waals surface area contributed by atoms with Crippen molar-refractivity contribution in [3.05, 3.63) is 203 Å². The van der Waals surface area contributed by atoms with E-state index in [0.29, 0.717) is 0 Å². The van der Waals surface area contributed by atoms with Gasteiger partial charge in [-0.2, -0.15) is 0 Å². The Morgan fingerprint density at radius 2 is 1.02 bits per heavy atom. The van der Waals surface area contributed by atoms with Crippen LogP contribution in [-0.4, -0.2) is 5.84 Å². The number of fused-ring (bicyclic) bond motifs is 9. The number of benzene rings is 8. The second-order valence-corrected chi connectivity index (χ2v) is 16.8. The standard InChI is InChI=1S/C53H43N3/c1-52(2)43-25-15-13-23-40(43)47-44(52)30-35-18-8-9-19-36(35)48(47)51-55-49(34-28-26-33(27-29-34)32-16-6-5-7-17-32)54-50(56-51)41-31-45-46(38-21-11-10-20-37(38)41)39-22-12-14-24-42(39)53(45,3)4/h5-31,49,51,55H,1-4H3,(H,54,56). The van der Waals surface area contributed by atoms with Crippen LogP contribution in [-0.2, 0) is 10.8 Å². The molecule has 2 atom stereocenters. The van der Waals surface area contributed by atoms with Crippen molar-refractivity contribution in [2.45, 2.75) is 50.9 Å². The second-order valence-electron chi connectivity index (χ2n) is 16.8. The first kappa shape index (κ1) is 33.1. The summed E-state index contributed by atoms with van der Waals surface area (Å²) >= 11 is 0. The van der Waals surface area contributed by atoms with Crippen LogP contribution in [0.5, 0.6) is 0 Å². The molecular formula is C53H43N3. The van der Waals surface area contributed by atoms with Crippen LogP contribution < -0.4 is 10.6 Å². The molecule has 3 nitrogen and oxygen atoms in total. The van der Waals surface area contributed by atoms with Gasteiger partial charge in [-0.05, 0) is 94.9 Å². The monoisotopic (exact) mass is 721 g/mol. The number of aliphatic imine (C=N–C) groups is 1. The van der Waals surface area contributed by atoms with Crippen molar-refractivity contribution in [2.75, 3.05) is 0 Å². The topological polar surface area (TPSA) is 36.4 Å². The summed E-state index contributed by atoms with van der Waals surface area (Å²) in [6.45, 7) is 9.47. The zero-order valence-electron chi connectivity index (χ0n) is 32.2. The third-order valence-corrected chi connectivity index (χ3v) is 13.0. The summed E-state index contributed by atoms with van der Waals surface area (Å²) in [6.07, 6.45) is -0.530. The highest BCUT2D eigenvalue weighted by molar-refractivity contribution is 6.15. The molecule has 0 radical (unpaired) electrons. The first-order chi connectivity index (χ1) is 27.3. The van der Waals surface area contributed by atoms with Gasteiger partial charge in [0.05, 0.1) is 0 Å². The first-order valence-electron chi connectivity index (χ1n) is 19.9. The van der Waals surface area contributed by atoms with Gasteiger partial charge in [-0.3, -0.25) is 5.32 Å². The Morgan fingerprint density at radius 1 is 0.464 bits per heavy atom. The van der Waals surface area contributed by atoms with Crippen LogP contribution in [0.3, 0.4) is 0 Å². The Hall–Kier alpha value is -6.29. The zero-order chi connectivity index (χ0) is 37.8. The van der Waals surface area contributed by atoms with Crippen LogP contribution in [0.25, 0.3) is 54.9 Å². The normalized spacial score (nSPS) is 18.5. The van der Waals surface area contributed by atoms with Crippen LogP contribution in [0.1, 0.15) is 79.0 Å². The maximum Gasteiger partial charge on any atom is 0.132 e. The molecule has 0 amide bonds. The summed E-state index contributed by atoms with van der Waals surface area (Å²) < 4.78 is 0. The molecule has 8 aromatic carbocycles. The van der Waals surface area contributed by atoms with Crippen molar-refractivity contribution < 1.29 is 0 Å². The molecule has 2 aliphatic carbocycles. The lowest BCUT2D eigenvalue weighted by atomic mass is 9.80. The Bertz CT molecular complexity index is 2920. The summed E-state index contributed by atoms with van der Waals surface area (Å²) in [4.78, 5) is 5.78. The summed E-state index contributed by atoms with van der Waals surface area (Å²) in [5.74, 6) is 0.906. The van der Waals surface area contributed by atoms with Crippen molar-refractivity contribution in [1.29, 1.82) is 0 Å². The Kier molecular flexibility index (Phi) is 7.15. The minimum absolute atomic E-state index is 0.145. The molecule has 0 fully saturated rings. The smallest absolute Gasteiger partial charge is 0.132 e. The molecule has 2 unspecified atom stereocenters. The van der Waals surface area contributed by atoms with Gasteiger partial charge in [-0.15, -0.1) is 0 Å². The Morgan fingerprint density at radius 3 is 1.73 bits per heavy atom. The van der Waals surface area contributed by atoms with Crippen LogP contribution in [0.2, 0.25) is 0 Å². The van der Waals surface area contributed by atoms with E-state index < -0.39 is 0 Å². The minimum atomic E-state index is -0.330. The maximum absolute atomic E-state index is 5.78. The molecule has 0 aromatic heterocycles. The molecule has 11 rings (SSSR count). The van der Waals surface area contributed by atoms with E-state index in [1.54, 1.807) is 0 Å². The lowest BCUT2D eigenvalue weighted by molar-refractivity contribution is 0.411. The van der Waals surface area contributed by atoms with Gasteiger partial charge in [0.2, 0.25) is 0 Å². The maximum atomic E-state index is 5.78. The van der Waals surface area contributed by atoms with E-state index in [1.807, 2.05) is 0 Å². The van der Waals surface area contributed by atoms with E-state index >= 15 is 0 Å². The van der Waals surface area contributed by atoms with Crippen LogP contribution >= 0.6 is 0 Å². The predicted octanol–water partition coefficient (Wildman–Crippen LogP) is 12.6. The fraction of sp³-hybridized carbons (Fsp3) is 0.151. The van der Waals surface area contributed by atoms with E-state index in [2.05, 4.69) is 202 Å². The van der Waals surface area contributed by atoms with Gasteiger partial charge >= 0.3 is 0 Å². The highest BCUT2D eigenvalue weighted by Gasteiger charge is 2.41. The van der Waals surface area contributed by atoms with Crippen molar-refractivity contribution in [1.82, 2.24) is 10.6 Å². The van der Waals surface area contributed by atoms with Gasteiger partial charge < -0.3 is 5.32 Å². The van der Waals surface area contributed by atoms with Gasteiger partial charge in [-0.1, -0.05) is 179 Å². The molecule has 270 valence electrons. The van der Waals surface area contributed by atoms with E-state index in [9.17, 15) is 0 Å². The minimum Gasteiger partial charge on any atom is -0.350 e. The van der Waals surface area contributed by atoms with Crippen molar-refractivity contribution in [3.8, 4) is 33.4 Å². The van der Waals surface area contributed by atoms with E-state index in [4.69, 9.17) is 4.99 Å². The molecule has 56 heavy (non-hydrogen) atoms. The average molecular weight is 722 g/mol. The molecule has 3 aliphatic rings. The number of amidine groups is 1. The molecule has 8 aromatic rings. The molecule has 0 spiro atoms. The highest BCUT2D eigenvalue weighted by atomic mass is 15.3. The second kappa shape index (κ2) is 12.1. The summed E-state index contributed by atoms with van der Waals surface area (Å²) in [7, 11) is 0. The van der Waals surface area contributed by atoms with Crippen molar-refractivity contribution in [3.63, 3.8) is 0 Å². The van der Waals surface area contributed by atoms with Gasteiger partial charge in [-0.25, -0.2) is 4.99 Å². The molecule has 2 N–H and O–H groups in total. The Labute approximate surface area is 328 Å². The zero-order valence-corrected chi connectivity index (χ0v) is 32.2. The van der Waals surface area contributed by atoms with Gasteiger partial charge in [0, 0.05) is 22.0 Å². The lowest BCUT2D eigenvalue weighted by Crippen LogP contribution is -2.45. The van der Waals surface area contributed by atoms with Gasteiger partial charge in [0.1, 0.15) is 18.2 Å². The predicted molar refractivity (Wildman–Crippen MR) is 233 cm³/mol. The van der Waals surface area contributed by atoms with Gasteiger partial charge in [0.15, 0.2) is 0 Å². The van der Waals surface area contributed by atoms with Gasteiger partial charge in [0.25, 0.3) is 0 Å². The number of hydrogen-bond acceptors (Lipinski definition) is 3. The Balaban J connectivity index is 1.16. The molecule has 0 saturated heterocycles. The quantitative estimate of drug-likeness (QED) is 0.190. The van der Waals surface area contributed by atoms with Crippen LogP contribution in [0.4, 0.5) is 0 Å². The van der Waals surface area contributed by atoms with E-state index in [1.165, 1.54) is 82.7 Å². The van der Waals surface area contributed by atoms with Crippen LogP contribution in [0.15, 0.2) is 169 Å². The van der Waals surface area contributed by atoms with Crippen molar-refractivity contribution in [2.24, 2.45) is 4.99 Å². The summed E-state index contributed by atoms with van der Waals surface area (Å²) in [6, 6.07) is 60.2. The average Bonchev–Trinajstić information content (AvgIpc) is 3.62. The molecule has 0 saturated carbocycles. The van der Waals surface area contributed by atoms with E-state index in [-0.39, 0.29) is 23.2 Å². The number of nitrogens with zero attached hydrogens (tertiary/aromatic N) is 1. The largest absolute Gasteiger partial charge is 0.350 e. The molecule has 0 bridgehead atoms. The summed E-state index contributed by atoms with van der Waals surface area (Å²) in [5, 5.41) is 13.0. The third kappa shape index (κ3) is 4.77. The first-order valence-corrected chi connectivity index (χ1v) is 19.9. The highest BCUT2D eigenvalue weighted by Crippen LogP contribution is 2.54. The molecular weight excluding hydrogens is 679 g/mol. The summed E-state index contributed by atoms with van der Waals surface area (Å²) in [5.41, 5.74) is 16.4. The number of nitrogens with one attached hydrogen (secondary N) is 2. The third-order valence-electron chi connectivity index (χ3n) is 13.0. The fourth-order valence-electron chi connectivity index (χ4n) is 10.1. The van der Waals surface area contributed by atoms with Crippen LogP contribution in [0, 0.1) is 0 Å². The molecule has 1 aliphatic heterocycles. The SMILES string of the molecule is CC1(C)c2ccccc2-c2c1cc1ccccc1c2C1N=C(c2cc3c(c4ccccc24)-c2ccccc2C3(C)C)NC(c2ccc(-c3ccccc3)cc2)N1.